The Balaban J connectivity index is 1.89. The number of aliphatic carboxylic acids is 1. The standard InChI is InChI=1S/C15H17NO2/c1-11-2-3-13-12(8-11)4-7-16(13)10-15(5-6-15)9-14(17)18/h2-4,7-8H,5-6,9-10H2,1H3,(H,17,18). The fourth-order valence-electron chi connectivity index (χ4n) is 2.71. The summed E-state index contributed by atoms with van der Waals surface area (Å²) in [5.74, 6) is -0.681. The third kappa shape index (κ3) is 2.01. The van der Waals surface area contributed by atoms with Crippen LogP contribution in [-0.4, -0.2) is 15.6 Å². The molecule has 0 spiro atoms. The van der Waals surface area contributed by atoms with Crippen LogP contribution in [0.1, 0.15) is 24.8 Å². The number of fused-ring (bicyclic) bond motifs is 1. The second-order valence-corrected chi connectivity index (χ2v) is 5.58. The molecule has 1 aliphatic carbocycles. The van der Waals surface area contributed by atoms with E-state index < -0.39 is 5.97 Å². The van der Waals surface area contributed by atoms with E-state index in [1.165, 1.54) is 16.5 Å². The maximum absolute atomic E-state index is 10.9. The highest BCUT2D eigenvalue weighted by molar-refractivity contribution is 5.80. The van der Waals surface area contributed by atoms with Gasteiger partial charge in [0.2, 0.25) is 0 Å². The van der Waals surface area contributed by atoms with Gasteiger partial charge in [-0.05, 0) is 48.8 Å². The lowest BCUT2D eigenvalue weighted by atomic mass is 10.0. The number of aromatic nitrogens is 1. The van der Waals surface area contributed by atoms with Gasteiger partial charge in [0.1, 0.15) is 0 Å². The average Bonchev–Trinajstić information content (AvgIpc) is 2.92. The van der Waals surface area contributed by atoms with Gasteiger partial charge in [-0.25, -0.2) is 0 Å². The average molecular weight is 243 g/mol. The zero-order valence-electron chi connectivity index (χ0n) is 10.5. The third-order valence-electron chi connectivity index (χ3n) is 3.92. The smallest absolute Gasteiger partial charge is 0.303 e. The highest BCUT2D eigenvalue weighted by Crippen LogP contribution is 2.50. The summed E-state index contributed by atoms with van der Waals surface area (Å²) in [4.78, 5) is 10.9. The van der Waals surface area contributed by atoms with Crippen LogP contribution in [-0.2, 0) is 11.3 Å². The number of carboxylic acids is 1. The number of hydrogen-bond acceptors (Lipinski definition) is 1. The molecule has 1 fully saturated rings. The molecule has 0 unspecified atom stereocenters. The van der Waals surface area contributed by atoms with Gasteiger partial charge < -0.3 is 9.67 Å². The first-order chi connectivity index (χ1) is 8.58. The number of hydrogen-bond donors (Lipinski definition) is 1. The Morgan fingerprint density at radius 1 is 1.39 bits per heavy atom. The molecule has 18 heavy (non-hydrogen) atoms. The monoisotopic (exact) mass is 243 g/mol. The highest BCUT2D eigenvalue weighted by atomic mass is 16.4. The Labute approximate surface area is 106 Å². The molecule has 1 aromatic carbocycles. The summed E-state index contributed by atoms with van der Waals surface area (Å²) < 4.78 is 2.20. The van der Waals surface area contributed by atoms with Crippen molar-refractivity contribution in [3.63, 3.8) is 0 Å². The third-order valence-corrected chi connectivity index (χ3v) is 3.92. The molecule has 3 rings (SSSR count). The van der Waals surface area contributed by atoms with Crippen LogP contribution in [0.3, 0.4) is 0 Å². The fraction of sp³-hybridized carbons (Fsp3) is 0.400. The second kappa shape index (κ2) is 3.87. The molecule has 94 valence electrons. The first-order valence-electron chi connectivity index (χ1n) is 6.35. The Kier molecular flexibility index (Phi) is 2.44. The minimum atomic E-state index is -0.681. The molecule has 0 amide bonds. The second-order valence-electron chi connectivity index (χ2n) is 5.58. The summed E-state index contributed by atoms with van der Waals surface area (Å²) in [6.45, 7) is 2.91. The van der Waals surface area contributed by atoms with Crippen molar-refractivity contribution in [2.75, 3.05) is 0 Å². The van der Waals surface area contributed by atoms with Gasteiger partial charge in [-0.1, -0.05) is 11.6 Å². The quantitative estimate of drug-likeness (QED) is 0.896. The Morgan fingerprint density at radius 3 is 2.83 bits per heavy atom. The summed E-state index contributed by atoms with van der Waals surface area (Å²) in [5.41, 5.74) is 2.46. The number of carboxylic acid groups (broad SMARTS) is 1. The summed E-state index contributed by atoms with van der Waals surface area (Å²) in [6.07, 6.45) is 4.43. The van der Waals surface area contributed by atoms with Crippen LogP contribution >= 0.6 is 0 Å². The molecule has 2 aromatic rings. The van der Waals surface area contributed by atoms with E-state index in [2.05, 4.69) is 42.0 Å². The van der Waals surface area contributed by atoms with Crippen molar-refractivity contribution in [3.05, 3.63) is 36.0 Å². The van der Waals surface area contributed by atoms with Gasteiger partial charge in [0.05, 0.1) is 6.42 Å². The Hall–Kier alpha value is -1.77. The van der Waals surface area contributed by atoms with Gasteiger partial charge in [0, 0.05) is 18.3 Å². The molecule has 1 saturated carbocycles. The van der Waals surface area contributed by atoms with Crippen molar-refractivity contribution in [1.82, 2.24) is 4.57 Å². The van der Waals surface area contributed by atoms with Crippen molar-refractivity contribution in [2.45, 2.75) is 32.7 Å². The van der Waals surface area contributed by atoms with Crippen LogP contribution in [0.5, 0.6) is 0 Å². The van der Waals surface area contributed by atoms with E-state index >= 15 is 0 Å². The summed E-state index contributed by atoms with van der Waals surface area (Å²) in [7, 11) is 0. The fourth-order valence-corrected chi connectivity index (χ4v) is 2.71. The lowest BCUT2D eigenvalue weighted by molar-refractivity contribution is -0.138. The van der Waals surface area contributed by atoms with Crippen molar-refractivity contribution >= 4 is 16.9 Å². The van der Waals surface area contributed by atoms with Gasteiger partial charge in [0.15, 0.2) is 0 Å². The molecule has 3 heteroatoms. The van der Waals surface area contributed by atoms with Crippen LogP contribution in [0.25, 0.3) is 10.9 Å². The van der Waals surface area contributed by atoms with Gasteiger partial charge in [-0.15, -0.1) is 0 Å². The normalized spacial score (nSPS) is 16.9. The highest BCUT2D eigenvalue weighted by Gasteiger charge is 2.44. The SMILES string of the molecule is Cc1ccc2c(ccn2CC2(CC(=O)O)CC2)c1. The van der Waals surface area contributed by atoms with Crippen LogP contribution in [0.4, 0.5) is 0 Å². The van der Waals surface area contributed by atoms with E-state index in [9.17, 15) is 4.79 Å². The predicted octanol–water partition coefficient (Wildman–Crippen LogP) is 3.20. The Morgan fingerprint density at radius 2 is 2.17 bits per heavy atom. The van der Waals surface area contributed by atoms with E-state index in [4.69, 9.17) is 5.11 Å². The van der Waals surface area contributed by atoms with Gasteiger partial charge in [-0.2, -0.15) is 0 Å². The van der Waals surface area contributed by atoms with E-state index in [-0.39, 0.29) is 5.41 Å². The molecule has 0 saturated heterocycles. The van der Waals surface area contributed by atoms with Gasteiger partial charge in [0.25, 0.3) is 0 Å². The maximum atomic E-state index is 10.9. The zero-order valence-corrected chi connectivity index (χ0v) is 10.5. The lowest BCUT2D eigenvalue weighted by Gasteiger charge is -2.14. The molecule has 0 aliphatic heterocycles. The van der Waals surface area contributed by atoms with E-state index in [0.717, 1.165) is 19.4 Å². The molecular weight excluding hydrogens is 226 g/mol. The molecule has 1 heterocycles. The van der Waals surface area contributed by atoms with Crippen molar-refractivity contribution in [1.29, 1.82) is 0 Å². The molecule has 3 nitrogen and oxygen atoms in total. The summed E-state index contributed by atoms with van der Waals surface area (Å²) in [5, 5.41) is 10.2. The molecule has 1 N–H and O–H groups in total. The van der Waals surface area contributed by atoms with E-state index in [0.29, 0.717) is 6.42 Å². The van der Waals surface area contributed by atoms with Crippen LogP contribution in [0.2, 0.25) is 0 Å². The number of benzene rings is 1. The van der Waals surface area contributed by atoms with Gasteiger partial charge >= 0.3 is 5.97 Å². The van der Waals surface area contributed by atoms with Crippen molar-refractivity contribution in [3.8, 4) is 0 Å². The summed E-state index contributed by atoms with van der Waals surface area (Å²) >= 11 is 0. The van der Waals surface area contributed by atoms with E-state index in [1.807, 2.05) is 0 Å². The number of carbonyl (C=O) groups is 1. The van der Waals surface area contributed by atoms with Crippen LogP contribution < -0.4 is 0 Å². The molecule has 0 radical (unpaired) electrons. The number of nitrogens with zero attached hydrogens (tertiary/aromatic N) is 1. The number of aryl methyl sites for hydroxylation is 1. The maximum Gasteiger partial charge on any atom is 0.303 e. The Bertz CT molecular complexity index is 608. The van der Waals surface area contributed by atoms with Crippen LogP contribution in [0, 0.1) is 12.3 Å². The molecular formula is C15H17NO2. The minimum absolute atomic E-state index is 0.00265. The molecule has 0 bridgehead atoms. The van der Waals surface area contributed by atoms with Gasteiger partial charge in [-0.3, -0.25) is 4.79 Å². The van der Waals surface area contributed by atoms with E-state index in [1.54, 1.807) is 0 Å². The molecule has 0 atom stereocenters. The first kappa shape index (κ1) is 11.3. The predicted molar refractivity (Wildman–Crippen MR) is 70.6 cm³/mol. The molecule has 1 aliphatic rings. The minimum Gasteiger partial charge on any atom is -0.481 e. The van der Waals surface area contributed by atoms with Crippen molar-refractivity contribution in [2.24, 2.45) is 5.41 Å². The lowest BCUT2D eigenvalue weighted by Crippen LogP contribution is -2.15. The van der Waals surface area contributed by atoms with Crippen LogP contribution in [0.15, 0.2) is 30.5 Å². The molecule has 1 aromatic heterocycles. The topological polar surface area (TPSA) is 42.2 Å². The number of rotatable bonds is 4. The zero-order chi connectivity index (χ0) is 12.8. The summed E-state index contributed by atoms with van der Waals surface area (Å²) in [6, 6.07) is 8.51. The largest absolute Gasteiger partial charge is 0.481 e. The first-order valence-corrected chi connectivity index (χ1v) is 6.35. The van der Waals surface area contributed by atoms with Crippen molar-refractivity contribution < 1.29 is 9.90 Å².